The average molecular weight is 290 g/mol. The molecule has 0 fully saturated rings. The van der Waals surface area contributed by atoms with Gasteiger partial charge in [0.25, 0.3) is 0 Å². The maximum Gasteiger partial charge on any atom is 0.495 e. The number of benzene rings is 1. The Morgan fingerprint density at radius 1 is 1.05 bits per heavy atom. The van der Waals surface area contributed by atoms with Crippen LogP contribution < -0.4 is 0 Å². The van der Waals surface area contributed by atoms with Gasteiger partial charge in [0.05, 0.1) is 0 Å². The van der Waals surface area contributed by atoms with Crippen molar-refractivity contribution in [3.05, 3.63) is 35.4 Å². The average Bonchev–Trinajstić information content (AvgIpc) is 2.37. The number of aryl methyl sites for hydroxylation is 1. The number of unbranched alkanes of at least 4 members (excludes halogenated alkanes) is 3. The zero-order valence-corrected chi connectivity index (χ0v) is 12.0. The van der Waals surface area contributed by atoms with Gasteiger partial charge in [-0.25, -0.2) is 8.78 Å². The molecule has 0 saturated carbocycles. The minimum atomic E-state index is -3.41. The van der Waals surface area contributed by atoms with E-state index in [9.17, 15) is 18.4 Å². The van der Waals surface area contributed by atoms with Crippen LogP contribution in [-0.2, 0) is 10.8 Å². The van der Waals surface area contributed by atoms with Gasteiger partial charge in [-0.3, -0.25) is 0 Å². The van der Waals surface area contributed by atoms with Crippen molar-refractivity contribution in [3.8, 4) is 0 Å². The smallest absolute Gasteiger partial charge is 0.390 e. The molecule has 0 aliphatic heterocycles. The van der Waals surface area contributed by atoms with Crippen molar-refractivity contribution in [2.75, 3.05) is 7.11 Å². The van der Waals surface area contributed by atoms with Gasteiger partial charge in [0.1, 0.15) is 0 Å². The molecule has 0 spiro atoms. The van der Waals surface area contributed by atoms with E-state index < -0.39 is 20.4 Å². The topological polar surface area (TPSA) is 49.7 Å². The third-order valence-electron chi connectivity index (χ3n) is 3.03. The van der Waals surface area contributed by atoms with Crippen LogP contribution in [0, 0.1) is 11.6 Å². The van der Waals surface area contributed by atoms with E-state index in [2.05, 4.69) is 4.43 Å². The summed E-state index contributed by atoms with van der Waals surface area (Å²) < 4.78 is 30.3. The summed E-state index contributed by atoms with van der Waals surface area (Å²) in [6.07, 6.45) is 4.03. The van der Waals surface area contributed by atoms with Gasteiger partial charge >= 0.3 is 8.80 Å². The van der Waals surface area contributed by atoms with Gasteiger partial charge in [0, 0.05) is 13.2 Å². The van der Waals surface area contributed by atoms with Gasteiger partial charge in [-0.1, -0.05) is 18.9 Å². The molecule has 0 aliphatic carbocycles. The van der Waals surface area contributed by atoms with Crippen LogP contribution in [0.4, 0.5) is 8.78 Å². The summed E-state index contributed by atoms with van der Waals surface area (Å²) >= 11 is 0. The highest BCUT2D eigenvalue weighted by Gasteiger charge is 2.29. The second-order valence-electron chi connectivity index (χ2n) is 4.61. The lowest BCUT2D eigenvalue weighted by atomic mass is 10.1. The lowest BCUT2D eigenvalue weighted by Gasteiger charge is -2.13. The SMILES string of the molecule is CO[Si](O)(O)CCCCCCc1ccc(F)c(F)c1. The molecule has 1 aromatic rings. The summed E-state index contributed by atoms with van der Waals surface area (Å²) in [4.78, 5) is 18.6. The summed E-state index contributed by atoms with van der Waals surface area (Å²) in [5, 5.41) is 0. The van der Waals surface area contributed by atoms with Crippen molar-refractivity contribution in [1.29, 1.82) is 0 Å². The van der Waals surface area contributed by atoms with Crippen LogP contribution in [0.5, 0.6) is 0 Å². The fraction of sp³-hybridized carbons (Fsp3) is 0.538. The molecule has 0 atom stereocenters. The number of halogens is 2. The summed E-state index contributed by atoms with van der Waals surface area (Å²) in [7, 11) is -2.11. The van der Waals surface area contributed by atoms with Crippen LogP contribution in [0.1, 0.15) is 31.2 Å². The molecule has 19 heavy (non-hydrogen) atoms. The molecule has 1 rings (SSSR count). The molecule has 0 heterocycles. The summed E-state index contributed by atoms with van der Waals surface area (Å²) in [5.74, 6) is -1.63. The number of hydrogen-bond donors (Lipinski definition) is 2. The maximum absolute atomic E-state index is 12.9. The third-order valence-corrected chi connectivity index (χ3v) is 4.69. The van der Waals surface area contributed by atoms with E-state index in [0.717, 1.165) is 30.9 Å². The molecule has 0 unspecified atom stereocenters. The quantitative estimate of drug-likeness (QED) is 0.571. The van der Waals surface area contributed by atoms with Crippen LogP contribution in [0.25, 0.3) is 0 Å². The first kappa shape index (κ1) is 16.2. The van der Waals surface area contributed by atoms with Crippen molar-refractivity contribution < 1.29 is 22.8 Å². The Labute approximate surface area is 113 Å². The predicted molar refractivity (Wildman–Crippen MR) is 70.5 cm³/mol. The Bertz CT molecular complexity index is 399. The molecular formula is C13H20F2O3Si. The minimum Gasteiger partial charge on any atom is -0.390 e. The zero-order chi connectivity index (χ0) is 14.3. The summed E-state index contributed by atoms with van der Waals surface area (Å²) in [6, 6.07) is 4.25. The number of rotatable bonds is 8. The Morgan fingerprint density at radius 3 is 2.37 bits per heavy atom. The van der Waals surface area contributed by atoms with Gasteiger partial charge in [0.2, 0.25) is 0 Å². The number of hydrogen-bond acceptors (Lipinski definition) is 3. The van der Waals surface area contributed by atoms with Crippen LogP contribution in [0.3, 0.4) is 0 Å². The molecule has 6 heteroatoms. The second kappa shape index (κ2) is 7.69. The Hall–Kier alpha value is -0.823. The lowest BCUT2D eigenvalue weighted by Crippen LogP contribution is -2.37. The molecular weight excluding hydrogens is 270 g/mol. The molecule has 0 amide bonds. The monoisotopic (exact) mass is 290 g/mol. The van der Waals surface area contributed by atoms with E-state index in [0.29, 0.717) is 18.9 Å². The molecule has 0 saturated heterocycles. The third kappa shape index (κ3) is 6.24. The summed E-state index contributed by atoms with van der Waals surface area (Å²) in [6.45, 7) is 0. The molecule has 0 aromatic heterocycles. The molecule has 3 nitrogen and oxygen atoms in total. The van der Waals surface area contributed by atoms with E-state index in [4.69, 9.17) is 0 Å². The fourth-order valence-corrected chi connectivity index (χ4v) is 2.75. The highest BCUT2D eigenvalue weighted by molar-refractivity contribution is 6.57. The fourth-order valence-electron chi connectivity index (χ4n) is 1.84. The van der Waals surface area contributed by atoms with E-state index in [1.807, 2.05) is 0 Å². The van der Waals surface area contributed by atoms with Crippen LogP contribution >= 0.6 is 0 Å². The first-order valence-electron chi connectivity index (χ1n) is 6.38. The van der Waals surface area contributed by atoms with E-state index in [-0.39, 0.29) is 0 Å². The van der Waals surface area contributed by atoms with E-state index in [1.165, 1.54) is 13.2 Å². The molecule has 108 valence electrons. The normalized spacial score (nSPS) is 11.8. The highest BCUT2D eigenvalue weighted by Crippen LogP contribution is 2.14. The van der Waals surface area contributed by atoms with E-state index >= 15 is 0 Å². The Morgan fingerprint density at radius 2 is 1.74 bits per heavy atom. The van der Waals surface area contributed by atoms with Crippen LogP contribution in [0.15, 0.2) is 18.2 Å². The van der Waals surface area contributed by atoms with Crippen LogP contribution in [-0.4, -0.2) is 25.5 Å². The van der Waals surface area contributed by atoms with Crippen molar-refractivity contribution in [2.24, 2.45) is 0 Å². The first-order chi connectivity index (χ1) is 8.94. The lowest BCUT2D eigenvalue weighted by molar-refractivity contribution is 0.183. The molecule has 0 radical (unpaired) electrons. The van der Waals surface area contributed by atoms with Crippen molar-refractivity contribution >= 4 is 8.80 Å². The molecule has 0 aliphatic rings. The van der Waals surface area contributed by atoms with Crippen LogP contribution in [0.2, 0.25) is 6.04 Å². The minimum absolute atomic E-state index is 0.300. The maximum atomic E-state index is 12.9. The van der Waals surface area contributed by atoms with Crippen molar-refractivity contribution in [1.82, 2.24) is 0 Å². The molecule has 1 aromatic carbocycles. The van der Waals surface area contributed by atoms with Gasteiger partial charge in [-0.2, -0.15) is 0 Å². The van der Waals surface area contributed by atoms with Crippen molar-refractivity contribution in [2.45, 2.75) is 38.1 Å². The van der Waals surface area contributed by atoms with Gasteiger partial charge in [-0.15, -0.1) is 0 Å². The predicted octanol–water partition coefficient (Wildman–Crippen LogP) is 2.64. The second-order valence-corrected chi connectivity index (χ2v) is 7.00. The Balaban J connectivity index is 2.16. The summed E-state index contributed by atoms with van der Waals surface area (Å²) in [5.41, 5.74) is 0.781. The molecule has 2 N–H and O–H groups in total. The first-order valence-corrected chi connectivity index (χ1v) is 8.39. The van der Waals surface area contributed by atoms with Gasteiger partial charge in [-0.05, 0) is 37.0 Å². The zero-order valence-electron chi connectivity index (χ0n) is 11.0. The van der Waals surface area contributed by atoms with E-state index in [1.54, 1.807) is 6.07 Å². The van der Waals surface area contributed by atoms with Crippen molar-refractivity contribution in [3.63, 3.8) is 0 Å². The van der Waals surface area contributed by atoms with Gasteiger partial charge in [0.15, 0.2) is 11.6 Å². The largest absolute Gasteiger partial charge is 0.495 e. The van der Waals surface area contributed by atoms with Gasteiger partial charge < -0.3 is 14.0 Å². The Kier molecular flexibility index (Phi) is 6.57. The molecule has 0 bridgehead atoms. The standard InChI is InChI=1S/C13H20F2O3Si/c1-18-19(16,17)9-5-3-2-4-6-11-7-8-12(14)13(15)10-11/h7-8,10,16-17H,2-6,9H2,1H3. The highest BCUT2D eigenvalue weighted by atomic mass is 28.4.